The number of amides is 1. The van der Waals surface area contributed by atoms with E-state index in [1.54, 1.807) is 6.92 Å². The lowest BCUT2D eigenvalue weighted by Crippen LogP contribution is -2.28. The van der Waals surface area contributed by atoms with Gasteiger partial charge < -0.3 is 5.32 Å². The van der Waals surface area contributed by atoms with Crippen LogP contribution in [0.2, 0.25) is 0 Å². The first-order chi connectivity index (χ1) is 10.5. The summed E-state index contributed by atoms with van der Waals surface area (Å²) >= 11 is 1.42. The van der Waals surface area contributed by atoms with Gasteiger partial charge in [-0.05, 0) is 32.0 Å². The molecular weight excluding hydrogens is 304 g/mol. The molecule has 2 rings (SSSR count). The Morgan fingerprint density at radius 3 is 2.50 bits per heavy atom. The van der Waals surface area contributed by atoms with Gasteiger partial charge in [0.15, 0.2) is 0 Å². The second-order valence-corrected chi connectivity index (χ2v) is 6.11. The van der Waals surface area contributed by atoms with Gasteiger partial charge in [0.2, 0.25) is 5.91 Å². The van der Waals surface area contributed by atoms with Crippen molar-refractivity contribution in [2.45, 2.75) is 24.8 Å². The van der Waals surface area contributed by atoms with E-state index in [9.17, 15) is 13.6 Å². The van der Waals surface area contributed by atoms with E-state index < -0.39 is 17.7 Å². The zero-order valence-corrected chi connectivity index (χ0v) is 13.2. The Labute approximate surface area is 132 Å². The van der Waals surface area contributed by atoms with Crippen LogP contribution in [-0.2, 0) is 4.79 Å². The Morgan fingerprint density at radius 1 is 1.18 bits per heavy atom. The Hall–Kier alpha value is -1.88. The molecule has 116 valence electrons. The number of thioether (sulfide) groups is 1. The highest BCUT2D eigenvalue weighted by molar-refractivity contribution is 8.00. The summed E-state index contributed by atoms with van der Waals surface area (Å²) < 4.78 is 26.5. The molecule has 0 aliphatic rings. The minimum atomic E-state index is -0.654. The summed E-state index contributed by atoms with van der Waals surface area (Å²) in [7, 11) is 0. The van der Waals surface area contributed by atoms with Crippen molar-refractivity contribution in [3.63, 3.8) is 0 Å². The van der Waals surface area contributed by atoms with Gasteiger partial charge >= 0.3 is 0 Å². The van der Waals surface area contributed by atoms with Crippen molar-refractivity contribution >= 4 is 17.7 Å². The molecule has 0 aromatic heterocycles. The maximum absolute atomic E-state index is 13.6. The molecule has 0 fully saturated rings. The summed E-state index contributed by atoms with van der Waals surface area (Å²) in [5.74, 6) is -1.23. The minimum absolute atomic E-state index is 0.193. The van der Waals surface area contributed by atoms with Crippen LogP contribution in [0.25, 0.3) is 0 Å². The highest BCUT2D eigenvalue weighted by Crippen LogP contribution is 2.20. The van der Waals surface area contributed by atoms with Gasteiger partial charge in [0.05, 0.1) is 11.8 Å². The summed E-state index contributed by atoms with van der Waals surface area (Å²) in [6.07, 6.45) is 0. The maximum Gasteiger partial charge on any atom is 0.230 e. The molecule has 1 N–H and O–H groups in total. The predicted octanol–water partition coefficient (Wildman–Crippen LogP) is 4.24. The largest absolute Gasteiger partial charge is 0.349 e. The molecular formula is C17H17F2NOS. The van der Waals surface area contributed by atoms with Crippen LogP contribution in [-0.4, -0.2) is 11.7 Å². The lowest BCUT2D eigenvalue weighted by molar-refractivity contribution is -0.119. The van der Waals surface area contributed by atoms with Gasteiger partial charge in [0.25, 0.3) is 0 Å². The first-order valence-corrected chi connectivity index (χ1v) is 7.88. The molecule has 0 heterocycles. The molecule has 5 heteroatoms. The molecule has 2 nitrogen and oxygen atoms in total. The van der Waals surface area contributed by atoms with Gasteiger partial charge in [0, 0.05) is 16.5 Å². The highest BCUT2D eigenvalue weighted by atomic mass is 32.2. The van der Waals surface area contributed by atoms with Crippen LogP contribution in [0.4, 0.5) is 8.78 Å². The van der Waals surface area contributed by atoms with E-state index in [4.69, 9.17) is 0 Å². The standard InChI is InChI=1S/C17H17F2NOS/c1-11-3-6-14(7-4-11)22-10-17(21)20-12(2)15-8-5-13(18)9-16(15)19/h3-9,12H,10H2,1-2H3,(H,20,21)/t12-/m0/s1. The molecule has 0 aliphatic heterocycles. The SMILES string of the molecule is Cc1ccc(SCC(=O)N[C@@H](C)c2ccc(F)cc2F)cc1. The third-order valence-electron chi connectivity index (χ3n) is 3.20. The van der Waals surface area contributed by atoms with E-state index in [1.807, 2.05) is 31.2 Å². The number of aryl methyl sites for hydroxylation is 1. The van der Waals surface area contributed by atoms with E-state index in [0.29, 0.717) is 0 Å². The number of hydrogen-bond acceptors (Lipinski definition) is 2. The molecule has 22 heavy (non-hydrogen) atoms. The van der Waals surface area contributed by atoms with Gasteiger partial charge in [-0.25, -0.2) is 8.78 Å². The Bertz CT molecular complexity index is 658. The van der Waals surface area contributed by atoms with E-state index in [2.05, 4.69) is 5.32 Å². The first kappa shape index (κ1) is 16.5. The number of hydrogen-bond donors (Lipinski definition) is 1. The molecule has 0 saturated heterocycles. The van der Waals surface area contributed by atoms with Crippen LogP contribution < -0.4 is 5.32 Å². The molecule has 0 aliphatic carbocycles. The van der Waals surface area contributed by atoms with Crippen molar-refractivity contribution < 1.29 is 13.6 Å². The molecule has 2 aromatic rings. The van der Waals surface area contributed by atoms with Gasteiger partial charge in [0.1, 0.15) is 11.6 Å². The van der Waals surface area contributed by atoms with Crippen LogP contribution >= 0.6 is 11.8 Å². The summed E-state index contributed by atoms with van der Waals surface area (Å²) in [5, 5.41) is 2.72. The smallest absolute Gasteiger partial charge is 0.230 e. The van der Waals surface area contributed by atoms with E-state index >= 15 is 0 Å². The highest BCUT2D eigenvalue weighted by Gasteiger charge is 2.14. The summed E-state index contributed by atoms with van der Waals surface area (Å²) in [5.41, 5.74) is 1.43. The Balaban J connectivity index is 1.89. The van der Waals surface area contributed by atoms with Crippen LogP contribution in [0, 0.1) is 18.6 Å². The summed E-state index contributed by atoms with van der Waals surface area (Å²) in [6.45, 7) is 3.67. The monoisotopic (exact) mass is 321 g/mol. The first-order valence-electron chi connectivity index (χ1n) is 6.89. The lowest BCUT2D eigenvalue weighted by Gasteiger charge is -2.15. The van der Waals surface area contributed by atoms with Crippen molar-refractivity contribution in [2.75, 3.05) is 5.75 Å². The number of halogens is 2. The van der Waals surface area contributed by atoms with Crippen LogP contribution in [0.3, 0.4) is 0 Å². The molecule has 1 amide bonds. The Morgan fingerprint density at radius 2 is 1.86 bits per heavy atom. The number of nitrogens with one attached hydrogen (secondary N) is 1. The average molecular weight is 321 g/mol. The molecule has 0 unspecified atom stereocenters. The van der Waals surface area contributed by atoms with E-state index in [-0.39, 0.29) is 17.2 Å². The average Bonchev–Trinajstić information content (AvgIpc) is 2.46. The second-order valence-electron chi connectivity index (χ2n) is 5.06. The van der Waals surface area contributed by atoms with Gasteiger partial charge in [-0.15, -0.1) is 11.8 Å². The number of carbonyl (C=O) groups is 1. The fourth-order valence-corrected chi connectivity index (χ4v) is 2.71. The normalized spacial score (nSPS) is 12.0. The molecule has 0 radical (unpaired) electrons. The summed E-state index contributed by atoms with van der Waals surface area (Å²) in [6, 6.07) is 10.7. The zero-order valence-electron chi connectivity index (χ0n) is 12.4. The minimum Gasteiger partial charge on any atom is -0.349 e. The molecule has 0 saturated carbocycles. The predicted molar refractivity (Wildman–Crippen MR) is 84.8 cm³/mol. The van der Waals surface area contributed by atoms with Crippen molar-refractivity contribution in [3.05, 3.63) is 65.2 Å². The van der Waals surface area contributed by atoms with Gasteiger partial charge in [-0.2, -0.15) is 0 Å². The van der Waals surface area contributed by atoms with Gasteiger partial charge in [-0.1, -0.05) is 23.8 Å². The Kier molecular flexibility index (Phi) is 5.55. The maximum atomic E-state index is 13.6. The fourth-order valence-electron chi connectivity index (χ4n) is 2.00. The van der Waals surface area contributed by atoms with Gasteiger partial charge in [-0.3, -0.25) is 4.79 Å². The van der Waals surface area contributed by atoms with Crippen LogP contribution in [0.5, 0.6) is 0 Å². The van der Waals surface area contributed by atoms with E-state index in [1.165, 1.54) is 23.9 Å². The molecule has 0 spiro atoms. The quantitative estimate of drug-likeness (QED) is 0.835. The van der Waals surface area contributed by atoms with Crippen molar-refractivity contribution in [2.24, 2.45) is 0 Å². The molecule has 2 aromatic carbocycles. The summed E-state index contributed by atoms with van der Waals surface area (Å²) in [4.78, 5) is 12.9. The number of rotatable bonds is 5. The van der Waals surface area contributed by atoms with E-state index in [0.717, 1.165) is 16.5 Å². The van der Waals surface area contributed by atoms with Crippen molar-refractivity contribution in [1.29, 1.82) is 0 Å². The molecule has 1 atom stereocenters. The number of carbonyl (C=O) groups excluding carboxylic acids is 1. The fraction of sp³-hybridized carbons (Fsp3) is 0.235. The van der Waals surface area contributed by atoms with Crippen molar-refractivity contribution in [3.8, 4) is 0 Å². The third kappa shape index (κ3) is 4.56. The lowest BCUT2D eigenvalue weighted by atomic mass is 10.1. The number of benzene rings is 2. The second kappa shape index (κ2) is 7.40. The van der Waals surface area contributed by atoms with Crippen LogP contribution in [0.15, 0.2) is 47.4 Å². The van der Waals surface area contributed by atoms with Crippen LogP contribution in [0.1, 0.15) is 24.1 Å². The topological polar surface area (TPSA) is 29.1 Å². The van der Waals surface area contributed by atoms with Crippen molar-refractivity contribution in [1.82, 2.24) is 5.32 Å². The zero-order chi connectivity index (χ0) is 16.1. The molecule has 0 bridgehead atoms. The third-order valence-corrected chi connectivity index (χ3v) is 4.21.